The molecule has 0 aromatic heterocycles. The summed E-state index contributed by atoms with van der Waals surface area (Å²) in [5.41, 5.74) is 4.53. The summed E-state index contributed by atoms with van der Waals surface area (Å²) < 4.78 is 33.8. The molecule has 3 aromatic rings. The first kappa shape index (κ1) is 22.9. The number of hydrogen-bond acceptors (Lipinski definition) is 4. The monoisotopic (exact) mass is 464 g/mol. The molecule has 0 unspecified atom stereocenters. The molecule has 1 amide bonds. The van der Waals surface area contributed by atoms with Crippen LogP contribution in [0.15, 0.2) is 65.6 Å². The van der Waals surface area contributed by atoms with Crippen molar-refractivity contribution in [1.29, 1.82) is 0 Å². The highest BCUT2D eigenvalue weighted by Gasteiger charge is 2.31. The molecule has 0 aliphatic carbocycles. The average molecular weight is 465 g/mol. The maximum absolute atomic E-state index is 13.5. The van der Waals surface area contributed by atoms with Crippen molar-refractivity contribution in [2.45, 2.75) is 38.0 Å². The van der Waals surface area contributed by atoms with Crippen molar-refractivity contribution in [2.75, 3.05) is 23.3 Å². The summed E-state index contributed by atoms with van der Waals surface area (Å²) in [4.78, 5) is 13.4. The molecule has 0 bridgehead atoms. The Kier molecular flexibility index (Phi) is 6.17. The number of benzene rings is 3. The number of aryl methyl sites for hydroxylation is 1. The Labute approximate surface area is 195 Å². The minimum atomic E-state index is -3.84. The molecule has 6 nitrogen and oxygen atoms in total. The Hall–Kier alpha value is -3.32. The molecule has 1 N–H and O–H groups in total. The molecule has 1 aliphatic heterocycles. The number of nitrogens with one attached hydrogen (secondary N) is 1. The van der Waals surface area contributed by atoms with E-state index in [4.69, 9.17) is 4.74 Å². The second-order valence-electron chi connectivity index (χ2n) is 8.47. The van der Waals surface area contributed by atoms with Gasteiger partial charge in [-0.2, -0.15) is 0 Å². The van der Waals surface area contributed by atoms with Crippen LogP contribution in [0.2, 0.25) is 0 Å². The average Bonchev–Trinajstić information content (AvgIpc) is 3.24. The van der Waals surface area contributed by atoms with Gasteiger partial charge in [0, 0.05) is 12.2 Å². The molecule has 33 heavy (non-hydrogen) atoms. The highest BCUT2D eigenvalue weighted by molar-refractivity contribution is 7.92. The standard InChI is InChI=1S/C26H28N2O4S/c1-17(2)21-10-7-8-18(3)25(21)27-26(29)22-16-20(12-13-24(22)32-4)33(30,31)28-15-14-19-9-5-6-11-23(19)28/h5-13,16-17H,14-15H2,1-4H3,(H,27,29). The highest BCUT2D eigenvalue weighted by atomic mass is 32.2. The second-order valence-corrected chi connectivity index (χ2v) is 10.3. The van der Waals surface area contributed by atoms with E-state index in [0.29, 0.717) is 24.4 Å². The van der Waals surface area contributed by atoms with Crippen molar-refractivity contribution in [2.24, 2.45) is 0 Å². The summed E-state index contributed by atoms with van der Waals surface area (Å²) in [5.74, 6) is 0.110. The fourth-order valence-corrected chi connectivity index (χ4v) is 5.76. The summed E-state index contributed by atoms with van der Waals surface area (Å²) in [6, 6.07) is 17.8. The van der Waals surface area contributed by atoms with Crippen molar-refractivity contribution in [3.63, 3.8) is 0 Å². The fourth-order valence-electron chi connectivity index (χ4n) is 4.23. The van der Waals surface area contributed by atoms with Gasteiger partial charge in [0.05, 0.1) is 23.3 Å². The topological polar surface area (TPSA) is 75.7 Å². The molecule has 3 aromatic carbocycles. The summed E-state index contributed by atoms with van der Waals surface area (Å²) in [6.07, 6.45) is 0.657. The summed E-state index contributed by atoms with van der Waals surface area (Å²) in [5, 5.41) is 2.99. The third-order valence-corrected chi connectivity index (χ3v) is 7.82. The van der Waals surface area contributed by atoms with Gasteiger partial charge in [0.25, 0.3) is 15.9 Å². The lowest BCUT2D eigenvalue weighted by molar-refractivity contribution is 0.102. The van der Waals surface area contributed by atoms with E-state index in [1.54, 1.807) is 0 Å². The van der Waals surface area contributed by atoms with Crippen molar-refractivity contribution in [1.82, 2.24) is 0 Å². The SMILES string of the molecule is COc1ccc(S(=O)(=O)N2CCc3ccccc32)cc1C(=O)Nc1c(C)cccc1C(C)C. The number of ether oxygens (including phenoxy) is 1. The van der Waals surface area contributed by atoms with E-state index >= 15 is 0 Å². The zero-order chi connectivity index (χ0) is 23.8. The van der Waals surface area contributed by atoms with Gasteiger partial charge in [-0.25, -0.2) is 8.42 Å². The molecule has 0 saturated heterocycles. The summed E-state index contributed by atoms with van der Waals surface area (Å²) >= 11 is 0. The van der Waals surface area contributed by atoms with Gasteiger partial charge in [-0.3, -0.25) is 9.10 Å². The maximum Gasteiger partial charge on any atom is 0.264 e. The van der Waals surface area contributed by atoms with Gasteiger partial charge in [-0.15, -0.1) is 0 Å². The van der Waals surface area contributed by atoms with E-state index in [9.17, 15) is 13.2 Å². The van der Waals surface area contributed by atoms with E-state index < -0.39 is 15.9 Å². The van der Waals surface area contributed by atoms with Gasteiger partial charge < -0.3 is 10.1 Å². The van der Waals surface area contributed by atoms with Gasteiger partial charge in [0.1, 0.15) is 5.75 Å². The van der Waals surface area contributed by atoms with Crippen LogP contribution >= 0.6 is 0 Å². The van der Waals surface area contributed by atoms with Crippen molar-refractivity contribution >= 4 is 27.3 Å². The highest BCUT2D eigenvalue weighted by Crippen LogP contribution is 2.34. The minimum Gasteiger partial charge on any atom is -0.496 e. The predicted molar refractivity (Wildman–Crippen MR) is 131 cm³/mol. The Morgan fingerprint density at radius 3 is 2.55 bits per heavy atom. The molecule has 172 valence electrons. The number of rotatable bonds is 6. The molecule has 7 heteroatoms. The van der Waals surface area contributed by atoms with Crippen LogP contribution in [0.1, 0.15) is 46.8 Å². The van der Waals surface area contributed by atoms with Crippen LogP contribution in [0.4, 0.5) is 11.4 Å². The summed E-state index contributed by atoms with van der Waals surface area (Å²) in [7, 11) is -2.38. The molecule has 0 spiro atoms. The quantitative estimate of drug-likeness (QED) is 0.549. The zero-order valence-electron chi connectivity index (χ0n) is 19.3. The van der Waals surface area contributed by atoms with Gasteiger partial charge in [-0.1, -0.05) is 50.2 Å². The van der Waals surface area contributed by atoms with Crippen LogP contribution in [0.3, 0.4) is 0 Å². The number of sulfonamides is 1. The third kappa shape index (κ3) is 4.20. The number of amides is 1. The maximum atomic E-state index is 13.5. The lowest BCUT2D eigenvalue weighted by atomic mass is 9.98. The lowest BCUT2D eigenvalue weighted by Gasteiger charge is -2.21. The molecule has 1 aliphatic rings. The number of methoxy groups -OCH3 is 1. The molecule has 0 atom stereocenters. The first-order valence-electron chi connectivity index (χ1n) is 10.9. The number of hydrogen-bond donors (Lipinski definition) is 1. The molecule has 0 radical (unpaired) electrons. The number of nitrogens with zero attached hydrogens (tertiary/aromatic N) is 1. The Morgan fingerprint density at radius 2 is 1.82 bits per heavy atom. The smallest absolute Gasteiger partial charge is 0.264 e. The minimum absolute atomic E-state index is 0.0546. The van der Waals surface area contributed by atoms with E-state index in [0.717, 1.165) is 22.4 Å². The first-order valence-corrected chi connectivity index (χ1v) is 12.4. The Morgan fingerprint density at radius 1 is 1.06 bits per heavy atom. The van der Waals surface area contributed by atoms with Gasteiger partial charge in [-0.05, 0) is 60.2 Å². The number of anilines is 2. The van der Waals surface area contributed by atoms with Gasteiger partial charge >= 0.3 is 0 Å². The van der Waals surface area contributed by atoms with Crippen LogP contribution in [0.25, 0.3) is 0 Å². The van der Waals surface area contributed by atoms with Crippen molar-refractivity contribution in [3.05, 3.63) is 82.9 Å². The molecule has 0 saturated carbocycles. The van der Waals surface area contributed by atoms with Crippen molar-refractivity contribution < 1.29 is 17.9 Å². The van der Waals surface area contributed by atoms with E-state index in [1.807, 2.05) is 49.4 Å². The van der Waals surface area contributed by atoms with Crippen LogP contribution in [0, 0.1) is 6.92 Å². The van der Waals surface area contributed by atoms with Crippen LogP contribution in [-0.4, -0.2) is 28.0 Å². The summed E-state index contributed by atoms with van der Waals surface area (Å²) in [6.45, 7) is 6.43. The van der Waals surface area contributed by atoms with E-state index in [1.165, 1.54) is 29.6 Å². The number of carbonyl (C=O) groups is 1. The predicted octanol–water partition coefficient (Wildman–Crippen LogP) is 5.13. The van der Waals surface area contributed by atoms with E-state index in [2.05, 4.69) is 19.2 Å². The van der Waals surface area contributed by atoms with Crippen LogP contribution < -0.4 is 14.4 Å². The van der Waals surface area contributed by atoms with E-state index in [-0.39, 0.29) is 16.4 Å². The molecule has 1 heterocycles. The molecular formula is C26H28N2O4S. The largest absolute Gasteiger partial charge is 0.496 e. The molecule has 0 fully saturated rings. The first-order chi connectivity index (χ1) is 15.7. The van der Waals surface area contributed by atoms with Crippen LogP contribution in [-0.2, 0) is 16.4 Å². The fraction of sp³-hybridized carbons (Fsp3) is 0.269. The number of carbonyl (C=O) groups excluding carboxylic acids is 1. The van der Waals surface area contributed by atoms with Crippen LogP contribution in [0.5, 0.6) is 5.75 Å². The van der Waals surface area contributed by atoms with Crippen molar-refractivity contribution in [3.8, 4) is 5.75 Å². The third-order valence-electron chi connectivity index (χ3n) is 6.01. The van der Waals surface area contributed by atoms with Gasteiger partial charge in [0.2, 0.25) is 0 Å². The normalized spacial score (nSPS) is 13.2. The molecular weight excluding hydrogens is 436 g/mol. The number of para-hydroxylation sites is 2. The molecule has 4 rings (SSSR count). The zero-order valence-corrected chi connectivity index (χ0v) is 20.1. The van der Waals surface area contributed by atoms with Gasteiger partial charge in [0.15, 0.2) is 0 Å². The lowest BCUT2D eigenvalue weighted by Crippen LogP contribution is -2.29. The Balaban J connectivity index is 1.72. The second kappa shape index (κ2) is 8.90. The number of fused-ring (bicyclic) bond motifs is 1. The Bertz CT molecular complexity index is 1320.